The number of aromatic hydroxyl groups is 1. The van der Waals surface area contributed by atoms with Crippen LogP contribution in [0, 0.1) is 0 Å². The van der Waals surface area contributed by atoms with Gasteiger partial charge in [-0.15, -0.1) is 0 Å². The average Bonchev–Trinajstić information content (AvgIpc) is 2.37. The molecular formula is C13H20ClN3O5S. The number of hydrogen-bond donors (Lipinski definition) is 4. The number of sulfonamides is 1. The lowest BCUT2D eigenvalue weighted by Crippen LogP contribution is -2.37. The number of benzene rings is 1. The van der Waals surface area contributed by atoms with Gasteiger partial charge in [0.15, 0.2) is 5.75 Å². The summed E-state index contributed by atoms with van der Waals surface area (Å²) in [7, 11) is -4.08. The Balaban J connectivity index is 2.65. The van der Waals surface area contributed by atoms with Crippen LogP contribution in [0.2, 0.25) is 5.02 Å². The number of anilines is 1. The van der Waals surface area contributed by atoms with Crippen LogP contribution in [0.3, 0.4) is 0 Å². The Morgan fingerprint density at radius 1 is 1.35 bits per heavy atom. The number of alkyl carbamates (subject to hydrolysis) is 1. The molecular weight excluding hydrogens is 346 g/mol. The van der Waals surface area contributed by atoms with Crippen molar-refractivity contribution in [3.63, 3.8) is 0 Å². The molecule has 5 N–H and O–H groups in total. The summed E-state index contributed by atoms with van der Waals surface area (Å²) in [5.41, 5.74) is 4.71. The fraction of sp³-hybridized carbons (Fsp3) is 0.462. The van der Waals surface area contributed by atoms with E-state index in [9.17, 15) is 18.3 Å². The molecule has 0 fully saturated rings. The standard InChI is InChI=1S/C13H20ClN3O5S/c1-13(2,3)22-12(19)16-6-7-17-23(20,21)11-8(14)4-5-9(15)10(11)18/h4-5,17-18H,6-7,15H2,1-3H3,(H,16,19). The molecule has 0 bridgehead atoms. The average molecular weight is 366 g/mol. The SMILES string of the molecule is CC(C)(C)OC(=O)NCCNS(=O)(=O)c1c(Cl)ccc(N)c1O. The third-order valence-corrected chi connectivity index (χ3v) is 4.43. The second kappa shape index (κ2) is 7.24. The van der Waals surface area contributed by atoms with Crippen molar-refractivity contribution in [2.24, 2.45) is 0 Å². The summed E-state index contributed by atoms with van der Waals surface area (Å²) in [5.74, 6) is -0.620. The van der Waals surface area contributed by atoms with Crippen molar-refractivity contribution >= 4 is 33.4 Å². The van der Waals surface area contributed by atoms with Gasteiger partial charge in [-0.2, -0.15) is 0 Å². The fourth-order valence-electron chi connectivity index (χ4n) is 1.55. The Hall–Kier alpha value is -1.71. The van der Waals surface area contributed by atoms with E-state index in [0.717, 1.165) is 0 Å². The summed E-state index contributed by atoms with van der Waals surface area (Å²) in [6.07, 6.45) is -0.665. The molecule has 0 heterocycles. The van der Waals surface area contributed by atoms with Crippen LogP contribution in [0.5, 0.6) is 5.75 Å². The number of amides is 1. The van der Waals surface area contributed by atoms with Gasteiger partial charge in [-0.3, -0.25) is 0 Å². The second-order valence-electron chi connectivity index (χ2n) is 5.64. The van der Waals surface area contributed by atoms with E-state index in [4.69, 9.17) is 22.1 Å². The smallest absolute Gasteiger partial charge is 0.407 e. The Bertz CT molecular complexity index is 686. The minimum atomic E-state index is -4.08. The maximum atomic E-state index is 12.1. The lowest BCUT2D eigenvalue weighted by molar-refractivity contribution is 0.0529. The topological polar surface area (TPSA) is 131 Å². The molecule has 0 saturated heterocycles. The summed E-state index contributed by atoms with van der Waals surface area (Å²) < 4.78 is 31.5. The van der Waals surface area contributed by atoms with E-state index in [0.29, 0.717) is 0 Å². The molecule has 1 amide bonds. The maximum absolute atomic E-state index is 12.1. The molecule has 0 saturated carbocycles. The van der Waals surface area contributed by atoms with Crippen LogP contribution >= 0.6 is 11.6 Å². The minimum absolute atomic E-state index is 0.00512. The summed E-state index contributed by atoms with van der Waals surface area (Å²) in [5, 5.41) is 12.0. The number of halogens is 1. The van der Waals surface area contributed by atoms with E-state index in [1.165, 1.54) is 12.1 Å². The molecule has 1 aromatic carbocycles. The molecule has 8 nitrogen and oxygen atoms in total. The molecule has 0 aliphatic heterocycles. The minimum Gasteiger partial charge on any atom is -0.504 e. The van der Waals surface area contributed by atoms with Gasteiger partial charge in [0.05, 0.1) is 10.7 Å². The first-order chi connectivity index (χ1) is 10.4. The molecule has 1 aromatic rings. The number of carbonyl (C=O) groups excluding carboxylic acids is 1. The van der Waals surface area contributed by atoms with Gasteiger partial charge in [0, 0.05) is 13.1 Å². The highest BCUT2D eigenvalue weighted by Crippen LogP contribution is 2.34. The number of nitrogens with two attached hydrogens (primary N) is 1. The van der Waals surface area contributed by atoms with Crippen molar-refractivity contribution in [3.8, 4) is 5.75 Å². The highest BCUT2D eigenvalue weighted by Gasteiger charge is 2.24. The number of nitrogens with one attached hydrogen (secondary N) is 2. The third kappa shape index (κ3) is 5.77. The summed E-state index contributed by atoms with van der Waals surface area (Å²) in [4.78, 5) is 10.9. The number of rotatable bonds is 5. The van der Waals surface area contributed by atoms with E-state index in [1.807, 2.05) is 0 Å². The summed E-state index contributed by atoms with van der Waals surface area (Å²) in [6.45, 7) is 5.00. The van der Waals surface area contributed by atoms with Gasteiger partial charge in [0.2, 0.25) is 10.0 Å². The van der Waals surface area contributed by atoms with Crippen LogP contribution < -0.4 is 15.8 Å². The Morgan fingerprint density at radius 2 is 1.96 bits per heavy atom. The molecule has 0 radical (unpaired) electrons. The van der Waals surface area contributed by atoms with Crippen molar-refractivity contribution in [2.75, 3.05) is 18.8 Å². The first-order valence-corrected chi connectivity index (χ1v) is 8.53. The lowest BCUT2D eigenvalue weighted by Gasteiger charge is -2.19. The molecule has 23 heavy (non-hydrogen) atoms. The summed E-state index contributed by atoms with van der Waals surface area (Å²) in [6, 6.07) is 2.56. The van der Waals surface area contributed by atoms with Crippen molar-refractivity contribution in [3.05, 3.63) is 17.2 Å². The van der Waals surface area contributed by atoms with Crippen molar-refractivity contribution < 1.29 is 23.1 Å². The van der Waals surface area contributed by atoms with E-state index >= 15 is 0 Å². The van der Waals surface area contributed by atoms with E-state index in [2.05, 4.69) is 10.0 Å². The summed E-state index contributed by atoms with van der Waals surface area (Å²) >= 11 is 5.80. The van der Waals surface area contributed by atoms with Crippen LogP contribution in [-0.2, 0) is 14.8 Å². The zero-order valence-electron chi connectivity index (χ0n) is 13.0. The largest absolute Gasteiger partial charge is 0.504 e. The van der Waals surface area contributed by atoms with Gasteiger partial charge in [-0.1, -0.05) is 11.6 Å². The number of nitrogen functional groups attached to an aromatic ring is 1. The molecule has 0 atom stereocenters. The van der Waals surface area contributed by atoms with Crippen LogP contribution in [0.1, 0.15) is 20.8 Å². The van der Waals surface area contributed by atoms with Crippen LogP contribution in [-0.4, -0.2) is 38.3 Å². The molecule has 0 aliphatic carbocycles. The predicted molar refractivity (Wildman–Crippen MR) is 87.0 cm³/mol. The van der Waals surface area contributed by atoms with Crippen molar-refractivity contribution in [2.45, 2.75) is 31.3 Å². The monoisotopic (exact) mass is 365 g/mol. The van der Waals surface area contributed by atoms with Gasteiger partial charge in [0.1, 0.15) is 10.5 Å². The Labute approximate surface area is 140 Å². The first kappa shape index (κ1) is 19.3. The Morgan fingerprint density at radius 3 is 2.52 bits per heavy atom. The zero-order chi connectivity index (χ0) is 17.8. The predicted octanol–water partition coefficient (Wildman–Crippen LogP) is 1.43. The van der Waals surface area contributed by atoms with Gasteiger partial charge < -0.3 is 20.9 Å². The van der Waals surface area contributed by atoms with Gasteiger partial charge in [-0.05, 0) is 32.9 Å². The second-order valence-corrected chi connectivity index (χ2v) is 7.75. The number of phenolic OH excluding ortho intramolecular Hbond substituents is 1. The number of hydrogen-bond acceptors (Lipinski definition) is 6. The van der Waals surface area contributed by atoms with Gasteiger partial charge in [-0.25, -0.2) is 17.9 Å². The molecule has 130 valence electrons. The maximum Gasteiger partial charge on any atom is 0.407 e. The number of ether oxygens (including phenoxy) is 1. The highest BCUT2D eigenvalue weighted by atomic mass is 35.5. The van der Waals surface area contributed by atoms with Crippen LogP contribution in [0.25, 0.3) is 0 Å². The normalized spacial score (nSPS) is 12.0. The lowest BCUT2D eigenvalue weighted by atomic mass is 10.2. The molecule has 0 unspecified atom stereocenters. The molecule has 0 aromatic heterocycles. The van der Waals surface area contributed by atoms with E-state index in [-0.39, 0.29) is 23.8 Å². The fourth-order valence-corrected chi connectivity index (χ4v) is 3.22. The molecule has 0 spiro atoms. The van der Waals surface area contributed by atoms with Crippen molar-refractivity contribution in [1.82, 2.24) is 10.0 Å². The third-order valence-electron chi connectivity index (χ3n) is 2.47. The first-order valence-electron chi connectivity index (χ1n) is 6.67. The zero-order valence-corrected chi connectivity index (χ0v) is 14.6. The molecule has 1 rings (SSSR count). The Kier molecular flexibility index (Phi) is 6.09. The molecule has 10 heteroatoms. The highest BCUT2D eigenvalue weighted by molar-refractivity contribution is 7.89. The number of carbonyl (C=O) groups is 1. The molecule has 0 aliphatic rings. The van der Waals surface area contributed by atoms with Crippen molar-refractivity contribution in [1.29, 1.82) is 0 Å². The van der Waals surface area contributed by atoms with Crippen LogP contribution in [0.15, 0.2) is 17.0 Å². The van der Waals surface area contributed by atoms with Gasteiger partial charge in [0.25, 0.3) is 0 Å². The van der Waals surface area contributed by atoms with Crippen LogP contribution in [0.4, 0.5) is 10.5 Å². The quantitative estimate of drug-likeness (QED) is 0.354. The van der Waals surface area contributed by atoms with E-state index < -0.39 is 32.4 Å². The number of phenols is 1. The van der Waals surface area contributed by atoms with Gasteiger partial charge >= 0.3 is 6.09 Å². The van der Waals surface area contributed by atoms with E-state index in [1.54, 1.807) is 20.8 Å².